The Kier molecular flexibility index (Phi) is 5.63. The van der Waals surface area contributed by atoms with E-state index in [1.807, 2.05) is 0 Å². The lowest BCUT2D eigenvalue weighted by atomic mass is 10.1. The molecule has 0 saturated heterocycles. The molecule has 0 aliphatic rings. The zero-order valence-corrected chi connectivity index (χ0v) is 9.49. The van der Waals surface area contributed by atoms with E-state index in [0.717, 1.165) is 0 Å². The summed E-state index contributed by atoms with van der Waals surface area (Å²) in [5.74, 6) is 0. The van der Waals surface area contributed by atoms with Crippen molar-refractivity contribution in [3.63, 3.8) is 0 Å². The van der Waals surface area contributed by atoms with E-state index in [1.165, 1.54) is 0 Å². The van der Waals surface area contributed by atoms with Gasteiger partial charge in [0.1, 0.15) is 0 Å². The molecule has 15 heavy (non-hydrogen) atoms. The van der Waals surface area contributed by atoms with Crippen LogP contribution in [0.5, 0.6) is 0 Å². The molecule has 0 radical (unpaired) electrons. The van der Waals surface area contributed by atoms with Crippen LogP contribution in [0.2, 0.25) is 0 Å². The Morgan fingerprint density at radius 1 is 1.47 bits per heavy atom. The highest BCUT2D eigenvalue weighted by Gasteiger charge is 2.18. The maximum atomic E-state index is 10.2. The van der Waals surface area contributed by atoms with E-state index in [4.69, 9.17) is 9.66 Å². The summed E-state index contributed by atoms with van der Waals surface area (Å²) < 4.78 is 32.5. The summed E-state index contributed by atoms with van der Waals surface area (Å²) in [4.78, 5) is 0. The second-order valence-corrected chi connectivity index (χ2v) is 4.88. The average Bonchev–Trinajstić information content (AvgIpc) is 2.10. The Morgan fingerprint density at radius 2 is 2.00 bits per heavy atom. The molecule has 92 valence electrons. The number of aliphatic hydroxyl groups is 2. The number of hydrogen-bond donors (Lipinski definition) is 4. The largest absolute Gasteiger partial charge is 0.397 e. The van der Waals surface area contributed by atoms with E-state index in [9.17, 15) is 13.5 Å². The van der Waals surface area contributed by atoms with E-state index in [-0.39, 0.29) is 13.2 Å². The van der Waals surface area contributed by atoms with Gasteiger partial charge in [-0.2, -0.15) is 8.42 Å². The van der Waals surface area contributed by atoms with Gasteiger partial charge in [-0.3, -0.25) is 4.55 Å². The van der Waals surface area contributed by atoms with Gasteiger partial charge in [-0.15, -0.1) is 0 Å². The van der Waals surface area contributed by atoms with Crippen LogP contribution in [0, 0.1) is 0 Å². The number of nitrogens with one attached hydrogen (secondary N) is 1. The normalized spacial score (nSPS) is 15.3. The van der Waals surface area contributed by atoms with Gasteiger partial charge in [0, 0.05) is 12.1 Å². The molecule has 4 N–H and O–H groups in total. The second kappa shape index (κ2) is 5.73. The van der Waals surface area contributed by atoms with Crippen molar-refractivity contribution in [3.05, 3.63) is 0 Å². The highest BCUT2D eigenvalue weighted by molar-refractivity contribution is 7.80. The minimum Gasteiger partial charge on any atom is -0.394 e. The summed E-state index contributed by atoms with van der Waals surface area (Å²) >= 11 is 0. The van der Waals surface area contributed by atoms with Crippen LogP contribution in [0.15, 0.2) is 0 Å². The summed E-state index contributed by atoms with van der Waals surface area (Å²) in [7, 11) is -4.52. The molecule has 0 rings (SSSR count). The summed E-state index contributed by atoms with van der Waals surface area (Å²) in [6.45, 7) is 2.81. The van der Waals surface area contributed by atoms with Crippen LogP contribution in [0.4, 0.5) is 0 Å². The van der Waals surface area contributed by atoms with Crippen LogP contribution in [0.3, 0.4) is 0 Å². The van der Waals surface area contributed by atoms with E-state index < -0.39 is 28.6 Å². The van der Waals surface area contributed by atoms with Crippen molar-refractivity contribution >= 4 is 10.4 Å². The number of aliphatic hydroxyl groups excluding tert-OH is 2. The monoisotopic (exact) mass is 243 g/mol. The fourth-order valence-electron chi connectivity index (χ4n) is 0.673. The van der Waals surface area contributed by atoms with E-state index in [1.54, 1.807) is 13.8 Å². The third kappa shape index (κ3) is 8.73. The van der Waals surface area contributed by atoms with E-state index >= 15 is 0 Å². The van der Waals surface area contributed by atoms with Crippen molar-refractivity contribution in [2.75, 3.05) is 19.8 Å². The molecule has 0 aromatic rings. The van der Waals surface area contributed by atoms with Crippen LogP contribution in [0.1, 0.15) is 13.8 Å². The molecule has 0 spiro atoms. The van der Waals surface area contributed by atoms with Gasteiger partial charge in [0.25, 0.3) is 0 Å². The van der Waals surface area contributed by atoms with Gasteiger partial charge in [0.15, 0.2) is 0 Å². The Labute approximate surface area is 89.0 Å². The SMILES string of the molecule is CC(C)(CO)NCC(O)COS(=O)(=O)O. The first-order valence-electron chi connectivity index (χ1n) is 4.32. The minimum atomic E-state index is -4.52. The quantitative estimate of drug-likeness (QED) is 0.403. The fourth-order valence-corrected chi connectivity index (χ4v) is 1.00. The Balaban J connectivity index is 3.81. The van der Waals surface area contributed by atoms with Gasteiger partial charge in [-0.25, -0.2) is 4.18 Å². The average molecular weight is 243 g/mol. The molecule has 0 aliphatic heterocycles. The predicted molar refractivity (Wildman–Crippen MR) is 52.7 cm³/mol. The van der Waals surface area contributed by atoms with Crippen molar-refractivity contribution in [3.8, 4) is 0 Å². The van der Waals surface area contributed by atoms with Gasteiger partial charge in [0.2, 0.25) is 0 Å². The maximum Gasteiger partial charge on any atom is 0.397 e. The van der Waals surface area contributed by atoms with Crippen molar-refractivity contribution < 1.29 is 27.4 Å². The lowest BCUT2D eigenvalue weighted by Crippen LogP contribution is -2.47. The van der Waals surface area contributed by atoms with Crippen LogP contribution in [0.25, 0.3) is 0 Å². The van der Waals surface area contributed by atoms with Crippen LogP contribution >= 0.6 is 0 Å². The molecular formula is C7H17NO6S. The molecule has 0 heterocycles. The standard InChI is InChI=1S/C7H17NO6S/c1-7(2,5-9)8-3-6(10)4-14-15(11,12)13/h6,8-10H,3-5H2,1-2H3,(H,11,12,13). The molecule has 0 aliphatic carbocycles. The third-order valence-electron chi connectivity index (χ3n) is 1.62. The topological polar surface area (TPSA) is 116 Å². The van der Waals surface area contributed by atoms with Crippen molar-refractivity contribution in [1.29, 1.82) is 0 Å². The second-order valence-electron chi connectivity index (χ2n) is 3.79. The zero-order valence-electron chi connectivity index (χ0n) is 8.67. The summed E-state index contributed by atoms with van der Waals surface area (Å²) in [5, 5.41) is 20.9. The van der Waals surface area contributed by atoms with Crippen molar-refractivity contribution in [2.24, 2.45) is 0 Å². The Morgan fingerprint density at radius 3 is 2.40 bits per heavy atom. The minimum absolute atomic E-state index is 0.0447. The molecule has 0 amide bonds. The summed E-state index contributed by atoms with van der Waals surface area (Å²) in [5.41, 5.74) is -0.570. The van der Waals surface area contributed by atoms with Crippen molar-refractivity contribution in [2.45, 2.75) is 25.5 Å². The van der Waals surface area contributed by atoms with Crippen LogP contribution < -0.4 is 5.32 Å². The first kappa shape index (κ1) is 14.8. The highest BCUT2D eigenvalue weighted by Crippen LogP contribution is 2.00. The van der Waals surface area contributed by atoms with Gasteiger partial charge in [0.05, 0.1) is 19.3 Å². The molecule has 0 fully saturated rings. The Bertz CT molecular complexity index is 275. The molecule has 1 atom stereocenters. The zero-order chi connectivity index (χ0) is 12.1. The highest BCUT2D eigenvalue weighted by atomic mass is 32.3. The number of hydrogen-bond acceptors (Lipinski definition) is 6. The lowest BCUT2D eigenvalue weighted by molar-refractivity contribution is 0.0875. The van der Waals surface area contributed by atoms with Crippen molar-refractivity contribution in [1.82, 2.24) is 5.32 Å². The van der Waals surface area contributed by atoms with E-state index in [0.29, 0.717) is 0 Å². The summed E-state index contributed by atoms with van der Waals surface area (Å²) in [6, 6.07) is 0. The molecule has 0 bridgehead atoms. The molecule has 0 saturated carbocycles. The van der Waals surface area contributed by atoms with Crippen LogP contribution in [-0.2, 0) is 14.6 Å². The predicted octanol–water partition coefficient (Wildman–Crippen LogP) is -1.47. The van der Waals surface area contributed by atoms with Crippen LogP contribution in [-0.4, -0.2) is 54.6 Å². The molecular weight excluding hydrogens is 226 g/mol. The smallest absolute Gasteiger partial charge is 0.394 e. The Hall–Kier alpha value is -0.250. The number of rotatable bonds is 7. The first-order chi connectivity index (χ1) is 6.66. The summed E-state index contributed by atoms with van der Waals surface area (Å²) in [6.07, 6.45) is -1.09. The van der Waals surface area contributed by atoms with Gasteiger partial charge < -0.3 is 15.5 Å². The molecule has 8 heteroatoms. The van der Waals surface area contributed by atoms with Gasteiger partial charge in [-0.1, -0.05) is 0 Å². The number of β-amino-alcohol motifs (C(OH)–C–C–N with tert-alkyl or cyclic N) is 1. The third-order valence-corrected chi connectivity index (χ3v) is 2.05. The molecule has 1 unspecified atom stereocenters. The molecule has 0 aromatic carbocycles. The fraction of sp³-hybridized carbons (Fsp3) is 1.00. The van der Waals surface area contributed by atoms with Gasteiger partial charge >= 0.3 is 10.4 Å². The molecule has 7 nitrogen and oxygen atoms in total. The van der Waals surface area contributed by atoms with E-state index in [2.05, 4.69) is 9.50 Å². The maximum absolute atomic E-state index is 10.2. The van der Waals surface area contributed by atoms with Gasteiger partial charge in [-0.05, 0) is 13.8 Å². The lowest BCUT2D eigenvalue weighted by Gasteiger charge is -2.25. The molecule has 0 aromatic heterocycles. The first-order valence-corrected chi connectivity index (χ1v) is 5.68.